The SMILES string of the molecule is Cc1ccc(CSCCNC(=O)C2CCN(S(N)(=O)=O)CC2)cc1. The van der Waals surface area contributed by atoms with Crippen LogP contribution in [-0.4, -0.2) is 44.0 Å². The third-order valence-electron chi connectivity index (χ3n) is 4.12. The van der Waals surface area contributed by atoms with Crippen molar-refractivity contribution in [1.29, 1.82) is 0 Å². The Bertz CT molecular complexity index is 639. The first-order valence-electron chi connectivity index (χ1n) is 8.05. The number of aryl methyl sites for hydroxylation is 1. The first kappa shape index (κ1) is 19.2. The van der Waals surface area contributed by atoms with E-state index in [2.05, 4.69) is 36.5 Å². The van der Waals surface area contributed by atoms with Gasteiger partial charge in [0.25, 0.3) is 10.2 Å². The van der Waals surface area contributed by atoms with Crippen molar-refractivity contribution in [2.75, 3.05) is 25.4 Å². The van der Waals surface area contributed by atoms with Crippen LogP contribution in [0.1, 0.15) is 24.0 Å². The summed E-state index contributed by atoms with van der Waals surface area (Å²) in [6, 6.07) is 8.46. The quantitative estimate of drug-likeness (QED) is 0.706. The lowest BCUT2D eigenvalue weighted by atomic mass is 9.97. The highest BCUT2D eigenvalue weighted by Gasteiger charge is 2.28. The van der Waals surface area contributed by atoms with Crippen molar-refractivity contribution in [3.63, 3.8) is 0 Å². The lowest BCUT2D eigenvalue weighted by Gasteiger charge is -2.29. The van der Waals surface area contributed by atoms with Crippen LogP contribution in [0.25, 0.3) is 0 Å². The van der Waals surface area contributed by atoms with Crippen molar-refractivity contribution in [3.05, 3.63) is 35.4 Å². The first-order chi connectivity index (χ1) is 11.4. The number of thioether (sulfide) groups is 1. The van der Waals surface area contributed by atoms with E-state index >= 15 is 0 Å². The Hall–Kier alpha value is -1.09. The maximum absolute atomic E-state index is 12.1. The fourth-order valence-corrected chi connectivity index (χ4v) is 4.18. The van der Waals surface area contributed by atoms with Gasteiger partial charge in [0, 0.05) is 37.1 Å². The molecule has 0 aromatic heterocycles. The zero-order valence-corrected chi connectivity index (χ0v) is 15.5. The van der Waals surface area contributed by atoms with E-state index in [1.807, 2.05) is 0 Å². The Balaban J connectivity index is 1.61. The Morgan fingerprint density at radius 1 is 1.29 bits per heavy atom. The normalized spacial score (nSPS) is 16.9. The number of nitrogens with one attached hydrogen (secondary N) is 1. The summed E-state index contributed by atoms with van der Waals surface area (Å²) >= 11 is 1.79. The van der Waals surface area contributed by atoms with Crippen molar-refractivity contribution < 1.29 is 13.2 Å². The first-order valence-corrected chi connectivity index (χ1v) is 10.7. The van der Waals surface area contributed by atoms with E-state index in [-0.39, 0.29) is 11.8 Å². The number of piperidine rings is 1. The van der Waals surface area contributed by atoms with Crippen LogP contribution in [0.5, 0.6) is 0 Å². The molecular weight excluding hydrogens is 346 g/mol. The van der Waals surface area contributed by atoms with Gasteiger partial charge < -0.3 is 5.32 Å². The van der Waals surface area contributed by atoms with E-state index in [0.717, 1.165) is 11.5 Å². The van der Waals surface area contributed by atoms with E-state index in [1.54, 1.807) is 11.8 Å². The zero-order valence-electron chi connectivity index (χ0n) is 13.9. The average Bonchev–Trinajstić information content (AvgIpc) is 2.55. The Kier molecular flexibility index (Phi) is 7.09. The number of hydrogen-bond acceptors (Lipinski definition) is 4. The zero-order chi connectivity index (χ0) is 17.6. The molecule has 134 valence electrons. The van der Waals surface area contributed by atoms with Gasteiger partial charge in [-0.1, -0.05) is 29.8 Å². The second-order valence-corrected chi connectivity index (χ2v) is 8.70. The van der Waals surface area contributed by atoms with Crippen LogP contribution < -0.4 is 10.5 Å². The number of carbonyl (C=O) groups excluding carboxylic acids is 1. The van der Waals surface area contributed by atoms with Gasteiger partial charge in [0.1, 0.15) is 0 Å². The highest BCUT2D eigenvalue weighted by atomic mass is 32.2. The summed E-state index contributed by atoms with van der Waals surface area (Å²) in [4.78, 5) is 12.1. The predicted molar refractivity (Wildman–Crippen MR) is 97.8 cm³/mol. The van der Waals surface area contributed by atoms with Gasteiger partial charge >= 0.3 is 0 Å². The van der Waals surface area contributed by atoms with Crippen molar-refractivity contribution >= 4 is 27.9 Å². The molecule has 1 aliphatic heterocycles. The average molecular weight is 372 g/mol. The van der Waals surface area contributed by atoms with E-state index in [1.165, 1.54) is 15.4 Å². The molecular formula is C16H25N3O3S2. The van der Waals surface area contributed by atoms with Gasteiger partial charge in [0.2, 0.25) is 5.91 Å². The summed E-state index contributed by atoms with van der Waals surface area (Å²) in [5.74, 6) is 1.68. The molecule has 1 aromatic carbocycles. The minimum Gasteiger partial charge on any atom is -0.355 e. The minimum atomic E-state index is -3.63. The van der Waals surface area contributed by atoms with Gasteiger partial charge in [-0.2, -0.15) is 24.5 Å². The molecule has 6 nitrogen and oxygen atoms in total. The smallest absolute Gasteiger partial charge is 0.276 e. The topological polar surface area (TPSA) is 92.5 Å². The van der Waals surface area contributed by atoms with E-state index < -0.39 is 10.2 Å². The fourth-order valence-electron chi connectivity index (χ4n) is 2.64. The molecule has 0 bridgehead atoms. The molecule has 0 spiro atoms. The largest absolute Gasteiger partial charge is 0.355 e. The highest BCUT2D eigenvalue weighted by Crippen LogP contribution is 2.18. The maximum atomic E-state index is 12.1. The summed E-state index contributed by atoms with van der Waals surface area (Å²) in [7, 11) is -3.63. The molecule has 0 aliphatic carbocycles. The molecule has 0 radical (unpaired) electrons. The van der Waals surface area contributed by atoms with E-state index in [4.69, 9.17) is 5.14 Å². The molecule has 1 saturated heterocycles. The molecule has 1 aromatic rings. The number of carbonyl (C=O) groups is 1. The molecule has 3 N–H and O–H groups in total. The second-order valence-electron chi connectivity index (χ2n) is 6.05. The van der Waals surface area contributed by atoms with Crippen LogP contribution in [0.2, 0.25) is 0 Å². The Labute approximate surface area is 148 Å². The van der Waals surface area contributed by atoms with Gasteiger partial charge in [-0.05, 0) is 25.3 Å². The van der Waals surface area contributed by atoms with E-state index in [0.29, 0.717) is 32.5 Å². The van der Waals surface area contributed by atoms with Gasteiger partial charge in [-0.25, -0.2) is 5.14 Å². The molecule has 24 heavy (non-hydrogen) atoms. The lowest BCUT2D eigenvalue weighted by molar-refractivity contribution is -0.125. The molecule has 0 unspecified atom stereocenters. The van der Waals surface area contributed by atoms with Crippen LogP contribution in [0.15, 0.2) is 24.3 Å². The van der Waals surface area contributed by atoms with Crippen molar-refractivity contribution in [2.24, 2.45) is 11.1 Å². The second kappa shape index (κ2) is 8.84. The van der Waals surface area contributed by atoms with Crippen LogP contribution in [0, 0.1) is 12.8 Å². The predicted octanol–water partition coefficient (Wildman–Crippen LogP) is 1.26. The molecule has 0 atom stereocenters. The Morgan fingerprint density at radius 2 is 1.92 bits per heavy atom. The van der Waals surface area contributed by atoms with Gasteiger partial charge in [0.15, 0.2) is 0 Å². The third kappa shape index (κ3) is 6.08. The molecule has 1 aliphatic rings. The van der Waals surface area contributed by atoms with Crippen molar-refractivity contribution in [2.45, 2.75) is 25.5 Å². The number of benzene rings is 1. The molecule has 1 amide bonds. The summed E-state index contributed by atoms with van der Waals surface area (Å²) in [6.07, 6.45) is 1.05. The molecule has 1 fully saturated rings. The molecule has 1 heterocycles. The molecule has 8 heteroatoms. The van der Waals surface area contributed by atoms with Gasteiger partial charge in [-0.15, -0.1) is 0 Å². The summed E-state index contributed by atoms with van der Waals surface area (Å²) in [5, 5.41) is 8.04. The van der Waals surface area contributed by atoms with E-state index in [9.17, 15) is 13.2 Å². The fraction of sp³-hybridized carbons (Fsp3) is 0.562. The molecule has 0 saturated carbocycles. The van der Waals surface area contributed by atoms with Gasteiger partial charge in [0.05, 0.1) is 0 Å². The van der Waals surface area contributed by atoms with Crippen molar-refractivity contribution in [1.82, 2.24) is 9.62 Å². The summed E-state index contributed by atoms with van der Waals surface area (Å²) in [5.41, 5.74) is 2.54. The van der Waals surface area contributed by atoms with Crippen LogP contribution in [0.4, 0.5) is 0 Å². The standard InChI is InChI=1S/C16H25N3O3S2/c1-13-2-4-14(5-3-13)12-23-11-8-18-16(20)15-6-9-19(10-7-15)24(17,21)22/h2-5,15H,6-12H2,1H3,(H,18,20)(H2,17,21,22). The number of hydrogen-bond donors (Lipinski definition) is 2. The summed E-state index contributed by atoms with van der Waals surface area (Å²) in [6.45, 7) is 3.34. The minimum absolute atomic E-state index is 0.0139. The van der Waals surface area contributed by atoms with Crippen LogP contribution in [0.3, 0.4) is 0 Å². The molecule has 2 rings (SSSR count). The monoisotopic (exact) mass is 371 g/mol. The number of nitrogens with zero attached hydrogens (tertiary/aromatic N) is 1. The summed E-state index contributed by atoms with van der Waals surface area (Å²) < 4.78 is 23.7. The lowest BCUT2D eigenvalue weighted by Crippen LogP contribution is -2.45. The third-order valence-corrected chi connectivity index (χ3v) is 6.23. The maximum Gasteiger partial charge on any atom is 0.276 e. The number of rotatable bonds is 7. The number of amides is 1. The Morgan fingerprint density at radius 3 is 2.50 bits per heavy atom. The van der Waals surface area contributed by atoms with Gasteiger partial charge in [-0.3, -0.25) is 4.79 Å². The van der Waals surface area contributed by atoms with Crippen LogP contribution >= 0.6 is 11.8 Å². The highest BCUT2D eigenvalue weighted by molar-refractivity contribution is 7.98. The van der Waals surface area contributed by atoms with Crippen LogP contribution in [-0.2, 0) is 20.8 Å². The van der Waals surface area contributed by atoms with Crippen molar-refractivity contribution in [3.8, 4) is 0 Å². The number of nitrogens with two attached hydrogens (primary N) is 1.